The zero-order valence-electron chi connectivity index (χ0n) is 13.8. The molecular weight excluding hydrogens is 344 g/mol. The number of thiazole rings is 1. The van der Waals surface area contributed by atoms with Gasteiger partial charge < -0.3 is 10.4 Å². The molecule has 0 saturated carbocycles. The van der Waals surface area contributed by atoms with E-state index in [4.69, 9.17) is 0 Å². The highest BCUT2D eigenvalue weighted by Gasteiger charge is 2.06. The van der Waals surface area contributed by atoms with Gasteiger partial charge in [0.15, 0.2) is 0 Å². The lowest BCUT2D eigenvalue weighted by atomic mass is 10.0. The van der Waals surface area contributed by atoms with E-state index in [2.05, 4.69) is 20.3 Å². The number of aliphatic hydroxyl groups is 1. The summed E-state index contributed by atoms with van der Waals surface area (Å²) >= 11 is 1.54. The Hall–Kier alpha value is -3.09. The van der Waals surface area contributed by atoms with Crippen LogP contribution < -0.4 is 5.32 Å². The van der Waals surface area contributed by atoms with Gasteiger partial charge in [-0.1, -0.05) is 30.3 Å². The number of nitrogens with zero attached hydrogens (tertiary/aromatic N) is 3. The highest BCUT2D eigenvalue weighted by molar-refractivity contribution is 7.13. The molecule has 0 spiro atoms. The van der Waals surface area contributed by atoms with E-state index >= 15 is 0 Å². The third-order valence-corrected chi connectivity index (χ3v) is 4.66. The number of nitrogens with one attached hydrogen (secondary N) is 1. The predicted octanol–water partition coefficient (Wildman–Crippen LogP) is 4.50. The van der Waals surface area contributed by atoms with Crippen LogP contribution in [0.25, 0.3) is 21.8 Å². The molecule has 0 bridgehead atoms. The van der Waals surface area contributed by atoms with Crippen LogP contribution in [-0.4, -0.2) is 20.1 Å². The fraction of sp³-hybridized carbons (Fsp3) is 0.0500. The lowest BCUT2D eigenvalue weighted by molar-refractivity contribution is 0.282. The molecule has 0 fully saturated rings. The Bertz CT molecular complexity index is 1020. The van der Waals surface area contributed by atoms with Crippen LogP contribution in [0.4, 0.5) is 11.6 Å². The highest BCUT2D eigenvalue weighted by Crippen LogP contribution is 2.26. The van der Waals surface area contributed by atoms with Gasteiger partial charge in [0.05, 0.1) is 6.61 Å². The first-order valence-electron chi connectivity index (χ1n) is 8.12. The zero-order chi connectivity index (χ0) is 17.8. The molecule has 2 N–H and O–H groups in total. The molecule has 2 aromatic carbocycles. The Balaban J connectivity index is 1.60. The van der Waals surface area contributed by atoms with Crippen molar-refractivity contribution in [3.05, 3.63) is 77.9 Å². The Labute approximate surface area is 155 Å². The van der Waals surface area contributed by atoms with Gasteiger partial charge >= 0.3 is 0 Å². The zero-order valence-corrected chi connectivity index (χ0v) is 14.6. The summed E-state index contributed by atoms with van der Waals surface area (Å²) in [5.74, 6) is 0.527. The van der Waals surface area contributed by atoms with Crippen LogP contribution in [0.1, 0.15) is 5.56 Å². The molecule has 0 unspecified atom stereocenters. The summed E-state index contributed by atoms with van der Waals surface area (Å²) in [5.41, 5.74) is 4.69. The first kappa shape index (κ1) is 16.4. The number of aliphatic hydroxyl groups excluding tert-OH is 1. The second-order valence-corrected chi connectivity index (χ2v) is 6.56. The van der Waals surface area contributed by atoms with Gasteiger partial charge in [0.1, 0.15) is 10.7 Å². The third-order valence-electron chi connectivity index (χ3n) is 3.87. The minimum atomic E-state index is 0.0309. The first-order chi connectivity index (χ1) is 12.8. The molecule has 4 aromatic rings. The quantitative estimate of drug-likeness (QED) is 0.548. The van der Waals surface area contributed by atoms with Crippen LogP contribution in [0.15, 0.2) is 72.4 Å². The molecule has 0 aliphatic heterocycles. The topological polar surface area (TPSA) is 70.9 Å². The van der Waals surface area contributed by atoms with Crippen LogP contribution in [0.2, 0.25) is 0 Å². The van der Waals surface area contributed by atoms with Crippen molar-refractivity contribution in [3.63, 3.8) is 0 Å². The summed E-state index contributed by atoms with van der Waals surface area (Å²) in [4.78, 5) is 13.1. The van der Waals surface area contributed by atoms with E-state index in [0.717, 1.165) is 33.1 Å². The lowest BCUT2D eigenvalue weighted by Gasteiger charge is -2.09. The Morgan fingerprint density at radius 2 is 1.77 bits per heavy atom. The lowest BCUT2D eigenvalue weighted by Crippen LogP contribution is -1.98. The third kappa shape index (κ3) is 3.61. The van der Waals surface area contributed by atoms with Crippen molar-refractivity contribution in [1.29, 1.82) is 0 Å². The molecule has 0 aliphatic carbocycles. The van der Waals surface area contributed by atoms with Crippen molar-refractivity contribution >= 4 is 23.0 Å². The molecule has 5 nitrogen and oxygen atoms in total. The molecule has 2 aromatic heterocycles. The van der Waals surface area contributed by atoms with Crippen molar-refractivity contribution < 1.29 is 5.11 Å². The maximum absolute atomic E-state index is 9.33. The van der Waals surface area contributed by atoms with Crippen molar-refractivity contribution in [2.24, 2.45) is 0 Å². The van der Waals surface area contributed by atoms with Crippen LogP contribution >= 0.6 is 11.3 Å². The Morgan fingerprint density at radius 3 is 2.58 bits per heavy atom. The summed E-state index contributed by atoms with van der Waals surface area (Å²) in [6, 6.07) is 17.7. The van der Waals surface area contributed by atoms with E-state index in [1.54, 1.807) is 23.7 Å². The molecule has 128 valence electrons. The fourth-order valence-electron chi connectivity index (χ4n) is 2.64. The molecule has 0 radical (unpaired) electrons. The predicted molar refractivity (Wildman–Crippen MR) is 104 cm³/mol. The molecule has 26 heavy (non-hydrogen) atoms. The van der Waals surface area contributed by atoms with E-state index in [1.807, 2.05) is 60.0 Å². The first-order valence-corrected chi connectivity index (χ1v) is 9.00. The Kier molecular flexibility index (Phi) is 4.68. The van der Waals surface area contributed by atoms with Gasteiger partial charge in [-0.2, -0.15) is 0 Å². The molecule has 4 rings (SSSR count). The fourth-order valence-corrected chi connectivity index (χ4v) is 3.25. The average molecular weight is 360 g/mol. The summed E-state index contributed by atoms with van der Waals surface area (Å²) in [6.07, 6.45) is 3.49. The number of anilines is 2. The molecule has 0 atom stereocenters. The standard InChI is InChI=1S/C20H16N4OS/c25-13-14-3-1-4-15(11-14)16-5-2-6-17(12-16)23-20-22-8-7-18(24-20)19-21-9-10-26-19/h1-12,25H,13H2,(H,22,23,24). The number of hydrogen-bond donors (Lipinski definition) is 2. The molecular formula is C20H16N4OS. The highest BCUT2D eigenvalue weighted by atomic mass is 32.1. The largest absolute Gasteiger partial charge is 0.392 e. The second-order valence-electron chi connectivity index (χ2n) is 5.67. The molecule has 6 heteroatoms. The summed E-state index contributed by atoms with van der Waals surface area (Å²) < 4.78 is 0. The average Bonchev–Trinajstić information content (AvgIpc) is 3.23. The number of hydrogen-bond acceptors (Lipinski definition) is 6. The minimum absolute atomic E-state index is 0.0309. The smallest absolute Gasteiger partial charge is 0.227 e. The summed E-state index contributed by atoms with van der Waals surface area (Å²) in [7, 11) is 0. The van der Waals surface area contributed by atoms with E-state index < -0.39 is 0 Å². The molecule has 0 amide bonds. The van der Waals surface area contributed by atoms with E-state index in [-0.39, 0.29) is 6.61 Å². The molecule has 0 saturated heterocycles. The van der Waals surface area contributed by atoms with E-state index in [1.165, 1.54) is 0 Å². The van der Waals surface area contributed by atoms with E-state index in [0.29, 0.717) is 5.95 Å². The van der Waals surface area contributed by atoms with Crippen molar-refractivity contribution in [3.8, 4) is 21.8 Å². The number of rotatable bonds is 5. The van der Waals surface area contributed by atoms with Crippen molar-refractivity contribution in [2.75, 3.05) is 5.32 Å². The monoisotopic (exact) mass is 360 g/mol. The minimum Gasteiger partial charge on any atom is -0.392 e. The Morgan fingerprint density at radius 1 is 0.923 bits per heavy atom. The molecule has 2 heterocycles. The number of aromatic nitrogens is 3. The summed E-state index contributed by atoms with van der Waals surface area (Å²) in [5, 5.41) is 15.4. The maximum Gasteiger partial charge on any atom is 0.227 e. The van der Waals surface area contributed by atoms with Crippen LogP contribution in [0, 0.1) is 0 Å². The van der Waals surface area contributed by atoms with Gasteiger partial charge in [0.2, 0.25) is 5.95 Å². The van der Waals surface area contributed by atoms with Gasteiger partial charge in [-0.25, -0.2) is 15.0 Å². The van der Waals surface area contributed by atoms with Crippen LogP contribution in [-0.2, 0) is 6.61 Å². The second kappa shape index (κ2) is 7.43. The van der Waals surface area contributed by atoms with Crippen LogP contribution in [0.3, 0.4) is 0 Å². The normalized spacial score (nSPS) is 10.7. The van der Waals surface area contributed by atoms with Crippen molar-refractivity contribution in [1.82, 2.24) is 15.0 Å². The molecule has 0 aliphatic rings. The van der Waals surface area contributed by atoms with Crippen molar-refractivity contribution in [2.45, 2.75) is 6.61 Å². The number of benzene rings is 2. The van der Waals surface area contributed by atoms with Gasteiger partial charge in [0, 0.05) is 23.5 Å². The van der Waals surface area contributed by atoms with Gasteiger partial charge in [-0.05, 0) is 41.0 Å². The maximum atomic E-state index is 9.33. The van der Waals surface area contributed by atoms with Gasteiger partial charge in [0.25, 0.3) is 0 Å². The van der Waals surface area contributed by atoms with Gasteiger partial charge in [-0.3, -0.25) is 0 Å². The SMILES string of the molecule is OCc1cccc(-c2cccc(Nc3nccc(-c4nccs4)n3)c2)c1. The van der Waals surface area contributed by atoms with Crippen LogP contribution in [0.5, 0.6) is 0 Å². The summed E-state index contributed by atoms with van der Waals surface area (Å²) in [6.45, 7) is 0.0309. The van der Waals surface area contributed by atoms with Gasteiger partial charge in [-0.15, -0.1) is 11.3 Å². The van der Waals surface area contributed by atoms with E-state index in [9.17, 15) is 5.11 Å².